The van der Waals surface area contributed by atoms with Crippen LogP contribution in [0.15, 0.2) is 41.0 Å². The fraction of sp³-hybridized carbons (Fsp3) is 0.385. The van der Waals surface area contributed by atoms with Crippen LogP contribution in [-0.2, 0) is 20.8 Å². The summed E-state index contributed by atoms with van der Waals surface area (Å²) < 4.78 is 5.14. The Morgan fingerprint density at radius 2 is 1.81 bits per heavy atom. The van der Waals surface area contributed by atoms with Crippen LogP contribution in [0.25, 0.3) is 6.08 Å². The summed E-state index contributed by atoms with van der Waals surface area (Å²) >= 11 is 12.6. The van der Waals surface area contributed by atoms with Gasteiger partial charge in [-0.1, -0.05) is 42.5 Å². The Kier molecular flexibility index (Phi) is 10.1. The summed E-state index contributed by atoms with van der Waals surface area (Å²) in [6.45, 7) is -0.253. The lowest BCUT2D eigenvalue weighted by Crippen LogP contribution is -2.49. The Hall–Kier alpha value is -3.10. The molecule has 1 fully saturated rings. The van der Waals surface area contributed by atoms with Crippen molar-refractivity contribution in [3.8, 4) is 0 Å². The van der Waals surface area contributed by atoms with Gasteiger partial charge in [-0.15, -0.1) is 0 Å². The van der Waals surface area contributed by atoms with Crippen molar-refractivity contribution in [1.82, 2.24) is 10.6 Å². The molecule has 36 heavy (non-hydrogen) atoms. The molecule has 0 bridgehead atoms. The third kappa shape index (κ3) is 7.96. The largest absolute Gasteiger partial charge is 0.480 e. The van der Waals surface area contributed by atoms with E-state index in [4.69, 9.17) is 27.6 Å². The average Bonchev–Trinajstić information content (AvgIpc) is 3.37. The van der Waals surface area contributed by atoms with Gasteiger partial charge in [0.1, 0.15) is 11.8 Å². The number of halogens is 2. The molecule has 1 heterocycles. The summed E-state index contributed by atoms with van der Waals surface area (Å²) in [5.41, 5.74) is 0.576. The number of furan rings is 1. The van der Waals surface area contributed by atoms with Crippen LogP contribution in [0.3, 0.4) is 0 Å². The fourth-order valence-corrected chi connectivity index (χ4v) is 4.75. The first kappa shape index (κ1) is 27.5. The molecule has 2 aromatic rings. The number of aliphatic carboxylic acids is 1. The minimum Gasteiger partial charge on any atom is -0.480 e. The number of carbonyl (C=O) groups excluding carboxylic acids is 3. The zero-order valence-corrected chi connectivity index (χ0v) is 21.1. The third-order valence-electron chi connectivity index (χ3n) is 6.03. The minimum atomic E-state index is -1.35. The lowest BCUT2D eigenvalue weighted by molar-refractivity contribution is -0.139. The summed E-state index contributed by atoms with van der Waals surface area (Å²) in [6.07, 6.45) is 9.63. The van der Waals surface area contributed by atoms with E-state index in [2.05, 4.69) is 10.6 Å². The normalized spacial score (nSPS) is 14.9. The third-order valence-corrected chi connectivity index (χ3v) is 6.62. The van der Waals surface area contributed by atoms with Gasteiger partial charge in [0.15, 0.2) is 5.78 Å². The topological polar surface area (TPSA) is 126 Å². The van der Waals surface area contributed by atoms with Crippen LogP contribution < -0.4 is 10.6 Å². The Bertz CT molecular complexity index is 1100. The number of allylic oxidation sites excluding steroid dienone is 1. The van der Waals surface area contributed by atoms with E-state index >= 15 is 0 Å². The SMILES string of the molecule is O=C(/C=C/c1ccco1)CCc1cc(Cl)c(C(=O)N[C@@H](CNC(=O)C2CCCCC2)C(=O)O)c(Cl)c1. The lowest BCUT2D eigenvalue weighted by Gasteiger charge is -2.22. The van der Waals surface area contributed by atoms with E-state index in [1.165, 1.54) is 24.5 Å². The Balaban J connectivity index is 1.57. The molecular weight excluding hydrogens is 507 g/mol. The molecule has 1 aromatic heterocycles. The van der Waals surface area contributed by atoms with Crippen LogP contribution in [-0.4, -0.2) is 41.3 Å². The number of hydrogen-bond donors (Lipinski definition) is 3. The summed E-state index contributed by atoms with van der Waals surface area (Å²) in [5, 5.41) is 14.6. The van der Waals surface area contributed by atoms with Gasteiger partial charge >= 0.3 is 5.97 Å². The van der Waals surface area contributed by atoms with E-state index in [0.29, 0.717) is 17.7 Å². The highest BCUT2D eigenvalue weighted by Gasteiger charge is 2.26. The summed E-state index contributed by atoms with van der Waals surface area (Å²) in [6, 6.07) is 5.14. The minimum absolute atomic E-state index is 0.0314. The Morgan fingerprint density at radius 3 is 2.42 bits per heavy atom. The van der Waals surface area contributed by atoms with Gasteiger partial charge in [-0.05, 0) is 61.2 Å². The van der Waals surface area contributed by atoms with Crippen LogP contribution in [0.5, 0.6) is 0 Å². The molecule has 1 aromatic carbocycles. The molecule has 10 heteroatoms. The molecule has 0 radical (unpaired) electrons. The maximum absolute atomic E-state index is 12.8. The number of rotatable bonds is 11. The Morgan fingerprint density at radius 1 is 1.11 bits per heavy atom. The van der Waals surface area contributed by atoms with Crippen molar-refractivity contribution in [2.24, 2.45) is 5.92 Å². The molecule has 1 aliphatic rings. The van der Waals surface area contributed by atoms with E-state index < -0.39 is 17.9 Å². The second kappa shape index (κ2) is 13.3. The van der Waals surface area contributed by atoms with Gasteiger partial charge in [0.05, 0.1) is 21.9 Å². The Labute approximate surface area is 219 Å². The van der Waals surface area contributed by atoms with Gasteiger partial charge < -0.3 is 20.2 Å². The van der Waals surface area contributed by atoms with Crippen molar-refractivity contribution >= 4 is 52.8 Å². The zero-order chi connectivity index (χ0) is 26.1. The van der Waals surface area contributed by atoms with Crippen LogP contribution in [0.1, 0.15) is 60.2 Å². The number of carbonyl (C=O) groups is 4. The highest BCUT2D eigenvalue weighted by molar-refractivity contribution is 6.39. The first-order valence-electron chi connectivity index (χ1n) is 11.8. The second-order valence-electron chi connectivity index (χ2n) is 8.69. The molecule has 2 amide bonds. The van der Waals surface area contributed by atoms with Crippen molar-refractivity contribution < 1.29 is 28.7 Å². The lowest BCUT2D eigenvalue weighted by atomic mass is 9.88. The van der Waals surface area contributed by atoms with Crippen LogP contribution in [0.2, 0.25) is 10.0 Å². The van der Waals surface area contributed by atoms with E-state index in [9.17, 15) is 24.3 Å². The van der Waals surface area contributed by atoms with Crippen molar-refractivity contribution in [1.29, 1.82) is 0 Å². The zero-order valence-electron chi connectivity index (χ0n) is 19.6. The molecule has 0 saturated heterocycles. The van der Waals surface area contributed by atoms with Gasteiger partial charge in [0.25, 0.3) is 5.91 Å². The number of hydrogen-bond acceptors (Lipinski definition) is 5. The van der Waals surface area contributed by atoms with Gasteiger partial charge in [0, 0.05) is 18.9 Å². The number of nitrogens with one attached hydrogen (secondary N) is 2. The number of ketones is 1. The molecule has 1 aliphatic carbocycles. The highest BCUT2D eigenvalue weighted by atomic mass is 35.5. The van der Waals surface area contributed by atoms with Crippen molar-refractivity contribution in [2.45, 2.75) is 51.0 Å². The molecule has 3 N–H and O–H groups in total. The maximum atomic E-state index is 12.8. The van der Waals surface area contributed by atoms with Gasteiger partial charge in [-0.25, -0.2) is 4.79 Å². The predicted molar refractivity (Wildman–Crippen MR) is 136 cm³/mol. The van der Waals surface area contributed by atoms with Crippen LogP contribution in [0, 0.1) is 5.92 Å². The molecule has 0 spiro atoms. The summed E-state index contributed by atoms with van der Waals surface area (Å²) in [7, 11) is 0. The number of carboxylic acids is 1. The van der Waals surface area contributed by atoms with E-state index in [0.717, 1.165) is 32.1 Å². The van der Waals surface area contributed by atoms with Crippen molar-refractivity contribution in [3.05, 3.63) is 63.5 Å². The molecule has 0 aliphatic heterocycles. The monoisotopic (exact) mass is 534 g/mol. The van der Waals surface area contributed by atoms with Gasteiger partial charge in [-0.3, -0.25) is 14.4 Å². The molecule has 1 saturated carbocycles. The van der Waals surface area contributed by atoms with E-state index in [-0.39, 0.29) is 46.2 Å². The smallest absolute Gasteiger partial charge is 0.328 e. The highest BCUT2D eigenvalue weighted by Crippen LogP contribution is 2.28. The standard InChI is InChI=1S/C26H28Cl2N2O6/c27-20-13-16(8-9-18(31)10-11-19-7-4-12-36-19)14-21(28)23(20)25(33)30-22(26(34)35)15-29-24(32)17-5-2-1-3-6-17/h4,7,10-14,17,22H,1-3,5-6,8-9,15H2,(H,29,32)(H,30,33)(H,34,35)/b11-10+/t22-/m0/s1. The van der Waals surface area contributed by atoms with Crippen molar-refractivity contribution in [3.63, 3.8) is 0 Å². The van der Waals surface area contributed by atoms with E-state index in [1.54, 1.807) is 18.2 Å². The predicted octanol–water partition coefficient (Wildman–Crippen LogP) is 4.68. The molecular formula is C26H28Cl2N2O6. The van der Waals surface area contributed by atoms with Gasteiger partial charge in [-0.2, -0.15) is 0 Å². The van der Waals surface area contributed by atoms with Crippen molar-refractivity contribution in [2.75, 3.05) is 6.54 Å². The molecule has 3 rings (SSSR count). The fourth-order valence-electron chi connectivity index (χ4n) is 4.04. The van der Waals surface area contributed by atoms with Crippen LogP contribution in [0.4, 0.5) is 0 Å². The summed E-state index contributed by atoms with van der Waals surface area (Å²) in [5.74, 6) is -1.96. The first-order valence-corrected chi connectivity index (χ1v) is 12.5. The number of carboxylic acid groups (broad SMARTS) is 1. The van der Waals surface area contributed by atoms with Gasteiger partial charge in [0.2, 0.25) is 5.91 Å². The summed E-state index contributed by atoms with van der Waals surface area (Å²) in [4.78, 5) is 48.9. The quantitative estimate of drug-likeness (QED) is 0.359. The molecule has 192 valence electrons. The number of aryl methyl sites for hydroxylation is 1. The molecule has 0 unspecified atom stereocenters. The molecule has 1 atom stereocenters. The second-order valence-corrected chi connectivity index (χ2v) is 9.51. The number of amides is 2. The van der Waals surface area contributed by atoms with E-state index in [1.807, 2.05) is 0 Å². The molecule has 8 nitrogen and oxygen atoms in total. The average molecular weight is 535 g/mol. The number of benzene rings is 1. The van der Waals surface area contributed by atoms with Crippen LogP contribution >= 0.6 is 23.2 Å². The maximum Gasteiger partial charge on any atom is 0.328 e. The first-order chi connectivity index (χ1) is 17.2.